The number of rotatable bonds is 7. The lowest BCUT2D eigenvalue weighted by Gasteiger charge is -2.40. The molecular formula is C36H52N2O2Si. The molecule has 2 aliphatic carbocycles. The topological polar surface area (TPSA) is 66.1 Å². The molecule has 0 saturated carbocycles. The van der Waals surface area contributed by atoms with Gasteiger partial charge in [-0.15, -0.1) is 0 Å². The standard InChI is InChI=1S/C36H52N2O2Si/c1-23(2)32-31(33(39)24-15-17-25(18-16-24)36(8,9)22-37)30(26-19-20-35(6,7)21-28(26)38-32)27-13-12-14-29(27)40-41(10,11)34(3,4)5/h14-18,23,27,33,39H,12-13,19-21H2,1-11H3/t27-,33+/m1/s1. The van der Waals surface area contributed by atoms with Crippen molar-refractivity contribution < 1.29 is 9.53 Å². The van der Waals surface area contributed by atoms with Crippen LogP contribution in [0, 0.1) is 16.7 Å². The van der Waals surface area contributed by atoms with Crippen molar-refractivity contribution in [3.8, 4) is 6.07 Å². The van der Waals surface area contributed by atoms with E-state index in [1.54, 1.807) is 0 Å². The molecule has 1 heterocycles. The highest BCUT2D eigenvalue weighted by molar-refractivity contribution is 6.74. The molecule has 41 heavy (non-hydrogen) atoms. The average Bonchev–Trinajstić information content (AvgIpc) is 3.32. The van der Waals surface area contributed by atoms with Crippen LogP contribution >= 0.6 is 0 Å². The molecule has 0 spiro atoms. The van der Waals surface area contributed by atoms with Crippen LogP contribution in [-0.4, -0.2) is 18.4 Å². The summed E-state index contributed by atoms with van der Waals surface area (Å²) >= 11 is 0. The van der Waals surface area contributed by atoms with Crippen molar-refractivity contribution >= 4 is 8.32 Å². The minimum atomic E-state index is -2.05. The lowest BCUT2D eigenvalue weighted by molar-refractivity contribution is 0.214. The molecule has 2 atom stereocenters. The van der Waals surface area contributed by atoms with Crippen LogP contribution in [0.5, 0.6) is 0 Å². The second kappa shape index (κ2) is 11.0. The number of allylic oxidation sites excluding steroid dienone is 2. The molecule has 0 amide bonds. The molecule has 1 N–H and O–H groups in total. The minimum absolute atomic E-state index is 0.104. The Hall–Kier alpha value is -2.42. The summed E-state index contributed by atoms with van der Waals surface area (Å²) in [6.45, 7) is 24.5. The normalized spacial score (nSPS) is 19.9. The van der Waals surface area contributed by atoms with Gasteiger partial charge in [0.25, 0.3) is 0 Å². The maximum Gasteiger partial charge on any atom is 0.250 e. The number of hydrogen-bond acceptors (Lipinski definition) is 4. The first-order chi connectivity index (χ1) is 18.9. The van der Waals surface area contributed by atoms with Gasteiger partial charge in [0.05, 0.1) is 17.2 Å². The molecule has 1 aromatic heterocycles. The SMILES string of the molecule is CC(C)c1nc2c(c([C@@H]3CCC=C3O[Si](C)(C)C(C)(C)C)c1[C@@H](O)c1ccc(C(C)(C)C#N)cc1)CCC(C)(C)C2. The van der Waals surface area contributed by atoms with Crippen LogP contribution in [0.2, 0.25) is 18.1 Å². The maximum atomic E-state index is 12.2. The van der Waals surface area contributed by atoms with Gasteiger partial charge in [0.15, 0.2) is 0 Å². The van der Waals surface area contributed by atoms with Gasteiger partial charge >= 0.3 is 0 Å². The van der Waals surface area contributed by atoms with Gasteiger partial charge in [-0.2, -0.15) is 5.26 Å². The van der Waals surface area contributed by atoms with E-state index < -0.39 is 19.8 Å². The summed E-state index contributed by atoms with van der Waals surface area (Å²) in [5, 5.41) is 22.0. The fourth-order valence-corrected chi connectivity index (χ4v) is 7.24. The number of aliphatic hydroxyl groups excluding tert-OH is 1. The smallest absolute Gasteiger partial charge is 0.250 e. The van der Waals surface area contributed by atoms with Gasteiger partial charge in [-0.3, -0.25) is 4.98 Å². The summed E-state index contributed by atoms with van der Waals surface area (Å²) < 4.78 is 7.04. The predicted molar refractivity (Wildman–Crippen MR) is 172 cm³/mol. The Morgan fingerprint density at radius 3 is 2.29 bits per heavy atom. The zero-order valence-electron chi connectivity index (χ0n) is 27.4. The molecule has 2 aromatic rings. The van der Waals surface area contributed by atoms with E-state index in [9.17, 15) is 10.4 Å². The van der Waals surface area contributed by atoms with E-state index in [1.807, 2.05) is 38.1 Å². The summed E-state index contributed by atoms with van der Waals surface area (Å²) in [7, 11) is -2.05. The Balaban J connectivity index is 1.92. The summed E-state index contributed by atoms with van der Waals surface area (Å²) in [6, 6.07) is 10.4. The third-order valence-electron chi connectivity index (χ3n) is 9.91. The monoisotopic (exact) mass is 572 g/mol. The van der Waals surface area contributed by atoms with Crippen LogP contribution < -0.4 is 0 Å². The first kappa shape index (κ1) is 31.5. The van der Waals surface area contributed by atoms with Crippen LogP contribution in [0.15, 0.2) is 36.1 Å². The van der Waals surface area contributed by atoms with Gasteiger partial charge in [-0.05, 0) is 104 Å². The van der Waals surface area contributed by atoms with Crippen LogP contribution in [-0.2, 0) is 22.7 Å². The number of hydrogen-bond donors (Lipinski definition) is 1. The molecule has 4 nitrogen and oxygen atoms in total. The number of aromatic nitrogens is 1. The van der Waals surface area contributed by atoms with Crippen LogP contribution in [0.3, 0.4) is 0 Å². The van der Waals surface area contributed by atoms with E-state index in [0.29, 0.717) is 0 Å². The second-order valence-electron chi connectivity index (χ2n) is 15.6. The molecule has 0 fully saturated rings. The first-order valence-electron chi connectivity index (χ1n) is 15.5. The Bertz CT molecular complexity index is 1350. The van der Waals surface area contributed by atoms with Crippen molar-refractivity contribution in [3.63, 3.8) is 0 Å². The van der Waals surface area contributed by atoms with Crippen molar-refractivity contribution in [2.45, 2.75) is 136 Å². The van der Waals surface area contributed by atoms with Crippen LogP contribution in [0.1, 0.15) is 139 Å². The van der Waals surface area contributed by atoms with E-state index >= 15 is 0 Å². The second-order valence-corrected chi connectivity index (χ2v) is 20.3. The number of benzene rings is 1. The number of fused-ring (bicyclic) bond motifs is 1. The minimum Gasteiger partial charge on any atom is -0.546 e. The molecule has 0 unspecified atom stereocenters. The number of aliphatic hydroxyl groups is 1. The third-order valence-corrected chi connectivity index (χ3v) is 14.3. The average molecular weight is 573 g/mol. The van der Waals surface area contributed by atoms with E-state index in [0.717, 1.165) is 60.2 Å². The molecule has 5 heteroatoms. The van der Waals surface area contributed by atoms with Crippen LogP contribution in [0.25, 0.3) is 0 Å². The Kier molecular flexibility index (Phi) is 8.46. The number of nitrogens with zero attached hydrogens (tertiary/aromatic N) is 2. The van der Waals surface area contributed by atoms with Crippen LogP contribution in [0.4, 0.5) is 0 Å². The molecule has 222 valence electrons. The van der Waals surface area contributed by atoms with Gasteiger partial charge in [0.1, 0.15) is 6.10 Å². The van der Waals surface area contributed by atoms with Crippen molar-refractivity contribution in [2.24, 2.45) is 5.41 Å². The molecule has 2 aliphatic rings. The summed E-state index contributed by atoms with van der Waals surface area (Å²) in [4.78, 5) is 5.34. The molecule has 1 aromatic carbocycles. The zero-order valence-corrected chi connectivity index (χ0v) is 28.4. The fourth-order valence-electron chi connectivity index (χ4n) is 6.12. The molecule has 0 aliphatic heterocycles. The highest BCUT2D eigenvalue weighted by Gasteiger charge is 2.43. The van der Waals surface area contributed by atoms with Crippen molar-refractivity contribution in [3.05, 3.63) is 75.3 Å². The summed E-state index contributed by atoms with van der Waals surface area (Å²) in [5.41, 5.74) is 7.22. The van der Waals surface area contributed by atoms with Gasteiger partial charge in [-0.1, -0.05) is 72.7 Å². The Morgan fingerprint density at radius 1 is 1.10 bits per heavy atom. The van der Waals surface area contributed by atoms with Gasteiger partial charge in [0, 0.05) is 22.9 Å². The Labute approximate surface area is 250 Å². The first-order valence-corrected chi connectivity index (χ1v) is 18.4. The molecule has 4 rings (SSSR count). The molecule has 0 bridgehead atoms. The van der Waals surface area contributed by atoms with Crippen molar-refractivity contribution in [2.75, 3.05) is 0 Å². The van der Waals surface area contributed by atoms with Gasteiger partial charge in [-0.25, -0.2) is 0 Å². The lowest BCUT2D eigenvalue weighted by Crippen LogP contribution is -2.41. The van der Waals surface area contributed by atoms with E-state index in [4.69, 9.17) is 9.41 Å². The van der Waals surface area contributed by atoms with E-state index in [1.165, 1.54) is 16.8 Å². The highest BCUT2D eigenvalue weighted by atomic mass is 28.4. The lowest BCUT2D eigenvalue weighted by atomic mass is 9.71. The van der Waals surface area contributed by atoms with Gasteiger partial charge < -0.3 is 9.53 Å². The van der Waals surface area contributed by atoms with Crippen molar-refractivity contribution in [1.29, 1.82) is 5.26 Å². The molecule has 0 saturated heterocycles. The molecule has 0 radical (unpaired) electrons. The van der Waals surface area contributed by atoms with Crippen molar-refractivity contribution in [1.82, 2.24) is 4.98 Å². The Morgan fingerprint density at radius 2 is 1.73 bits per heavy atom. The third kappa shape index (κ3) is 6.20. The fraction of sp³-hybridized carbons (Fsp3) is 0.611. The maximum absolute atomic E-state index is 12.2. The summed E-state index contributed by atoms with van der Waals surface area (Å²) in [6.07, 6.45) is 6.54. The quantitative estimate of drug-likeness (QED) is 0.336. The van der Waals surface area contributed by atoms with E-state index in [2.05, 4.69) is 73.7 Å². The number of pyridine rings is 1. The molecular weight excluding hydrogens is 520 g/mol. The zero-order chi connectivity index (χ0) is 30.5. The summed E-state index contributed by atoms with van der Waals surface area (Å²) in [5.74, 6) is 1.39. The highest BCUT2D eigenvalue weighted by Crippen LogP contribution is 2.50. The number of nitriles is 1. The predicted octanol–water partition coefficient (Wildman–Crippen LogP) is 9.39. The van der Waals surface area contributed by atoms with E-state index in [-0.39, 0.29) is 22.3 Å². The van der Waals surface area contributed by atoms with Gasteiger partial charge in [0.2, 0.25) is 8.32 Å². The largest absolute Gasteiger partial charge is 0.546 e.